The van der Waals surface area contributed by atoms with Crippen molar-refractivity contribution in [2.75, 3.05) is 26.4 Å². The number of carbonyl (C=O) groups excluding carboxylic acids is 1. The van der Waals surface area contributed by atoms with E-state index in [9.17, 15) is 4.79 Å². The molecule has 0 atom stereocenters. The Hall–Kier alpha value is -1.65. The topological polar surface area (TPSA) is 44.8 Å². The predicted octanol–water partition coefficient (Wildman–Crippen LogP) is 3.07. The van der Waals surface area contributed by atoms with Crippen molar-refractivity contribution < 1.29 is 19.0 Å². The second-order valence-electron chi connectivity index (χ2n) is 4.94. The molecule has 0 fully saturated rings. The average molecular weight is 292 g/mol. The van der Waals surface area contributed by atoms with Gasteiger partial charge in [-0.05, 0) is 17.0 Å². The molecular formula is C17H24O4. The minimum Gasteiger partial charge on any atom is -0.460 e. The second kappa shape index (κ2) is 10.1. The Morgan fingerprint density at radius 2 is 1.90 bits per heavy atom. The molecule has 0 unspecified atom stereocenters. The number of hydrogen-bond donors (Lipinski definition) is 0. The van der Waals surface area contributed by atoms with Gasteiger partial charge in [-0.25, -0.2) is 4.79 Å². The number of ether oxygens (including phenoxy) is 3. The van der Waals surface area contributed by atoms with Gasteiger partial charge < -0.3 is 14.2 Å². The first-order valence-corrected chi connectivity index (χ1v) is 7.17. The molecule has 0 bridgehead atoms. The van der Waals surface area contributed by atoms with Gasteiger partial charge in [-0.15, -0.1) is 0 Å². The van der Waals surface area contributed by atoms with Crippen LogP contribution in [-0.2, 0) is 25.6 Å². The fourth-order valence-electron chi connectivity index (χ4n) is 1.71. The number of hydrogen-bond acceptors (Lipinski definition) is 4. The van der Waals surface area contributed by atoms with E-state index in [2.05, 4.69) is 44.7 Å². The SMILES string of the molecule is C=CC(=O)OCCOCCOCc1cccc(C(C)C)c1. The molecule has 4 nitrogen and oxygen atoms in total. The quantitative estimate of drug-likeness (QED) is 0.378. The molecule has 0 amide bonds. The van der Waals surface area contributed by atoms with Crippen molar-refractivity contribution >= 4 is 5.97 Å². The summed E-state index contributed by atoms with van der Waals surface area (Å²) >= 11 is 0. The van der Waals surface area contributed by atoms with Gasteiger partial charge in [-0.1, -0.05) is 44.7 Å². The lowest BCUT2D eigenvalue weighted by Gasteiger charge is -2.09. The van der Waals surface area contributed by atoms with Crippen molar-refractivity contribution in [2.45, 2.75) is 26.4 Å². The van der Waals surface area contributed by atoms with Gasteiger partial charge in [0, 0.05) is 6.08 Å². The predicted molar refractivity (Wildman–Crippen MR) is 82.2 cm³/mol. The minimum absolute atomic E-state index is 0.237. The Labute approximate surface area is 126 Å². The third kappa shape index (κ3) is 7.63. The molecule has 0 aliphatic carbocycles. The van der Waals surface area contributed by atoms with Gasteiger partial charge in [0.1, 0.15) is 6.61 Å². The van der Waals surface area contributed by atoms with E-state index < -0.39 is 5.97 Å². The molecule has 0 aromatic heterocycles. The largest absolute Gasteiger partial charge is 0.460 e. The molecule has 0 heterocycles. The van der Waals surface area contributed by atoms with E-state index in [1.165, 1.54) is 11.1 Å². The number of carbonyl (C=O) groups is 1. The van der Waals surface area contributed by atoms with E-state index in [0.29, 0.717) is 32.3 Å². The summed E-state index contributed by atoms with van der Waals surface area (Å²) < 4.78 is 15.6. The van der Waals surface area contributed by atoms with E-state index in [4.69, 9.17) is 14.2 Å². The van der Waals surface area contributed by atoms with Crippen LogP contribution in [0.4, 0.5) is 0 Å². The van der Waals surface area contributed by atoms with Gasteiger partial charge in [0.05, 0.1) is 26.4 Å². The summed E-state index contributed by atoms with van der Waals surface area (Å²) in [5, 5.41) is 0. The normalized spacial score (nSPS) is 10.6. The van der Waals surface area contributed by atoms with Crippen LogP contribution in [0.1, 0.15) is 30.9 Å². The summed E-state index contributed by atoms with van der Waals surface area (Å²) in [6, 6.07) is 8.40. The number of esters is 1. The van der Waals surface area contributed by atoms with Crippen molar-refractivity contribution in [3.63, 3.8) is 0 Å². The van der Waals surface area contributed by atoms with Gasteiger partial charge in [0.2, 0.25) is 0 Å². The summed E-state index contributed by atoms with van der Waals surface area (Å²) in [7, 11) is 0. The lowest BCUT2D eigenvalue weighted by atomic mass is 10.0. The maximum Gasteiger partial charge on any atom is 0.330 e. The first-order valence-electron chi connectivity index (χ1n) is 7.17. The summed E-state index contributed by atoms with van der Waals surface area (Å²) in [6.45, 7) is 9.84. The molecule has 4 heteroatoms. The van der Waals surface area contributed by atoms with E-state index in [0.717, 1.165) is 6.08 Å². The van der Waals surface area contributed by atoms with Crippen molar-refractivity contribution in [3.05, 3.63) is 48.0 Å². The van der Waals surface area contributed by atoms with Crippen LogP contribution in [0.2, 0.25) is 0 Å². The summed E-state index contributed by atoms with van der Waals surface area (Å²) in [5.41, 5.74) is 2.48. The zero-order valence-corrected chi connectivity index (χ0v) is 12.8. The summed E-state index contributed by atoms with van der Waals surface area (Å²) in [5.74, 6) is 0.0893. The van der Waals surface area contributed by atoms with E-state index in [1.54, 1.807) is 0 Å². The highest BCUT2D eigenvalue weighted by atomic mass is 16.6. The van der Waals surface area contributed by atoms with Crippen LogP contribution >= 0.6 is 0 Å². The molecule has 0 aliphatic rings. The lowest BCUT2D eigenvalue weighted by molar-refractivity contribution is -0.139. The first kappa shape index (κ1) is 17.4. The van der Waals surface area contributed by atoms with Gasteiger partial charge in [-0.3, -0.25) is 0 Å². The first-order chi connectivity index (χ1) is 10.1. The molecule has 1 aromatic carbocycles. The molecule has 116 valence electrons. The molecular weight excluding hydrogens is 268 g/mol. The van der Waals surface area contributed by atoms with E-state index in [-0.39, 0.29) is 6.61 Å². The smallest absolute Gasteiger partial charge is 0.330 e. The number of rotatable bonds is 10. The molecule has 0 radical (unpaired) electrons. The summed E-state index contributed by atoms with van der Waals surface area (Å²) in [4.78, 5) is 10.8. The Kier molecular flexibility index (Phi) is 8.40. The van der Waals surface area contributed by atoms with Gasteiger partial charge in [0.25, 0.3) is 0 Å². The third-order valence-electron chi connectivity index (χ3n) is 2.90. The van der Waals surface area contributed by atoms with Crippen molar-refractivity contribution in [3.8, 4) is 0 Å². The highest BCUT2D eigenvalue weighted by Gasteiger charge is 2.00. The maximum atomic E-state index is 10.8. The van der Waals surface area contributed by atoms with Crippen LogP contribution in [0.15, 0.2) is 36.9 Å². The standard InChI is InChI=1S/C17H24O4/c1-4-17(18)21-11-10-19-8-9-20-13-15-6-5-7-16(12-15)14(2)3/h4-7,12,14H,1,8-11,13H2,2-3H3. The summed E-state index contributed by atoms with van der Waals surface area (Å²) in [6.07, 6.45) is 1.13. The zero-order chi connectivity index (χ0) is 15.5. The lowest BCUT2D eigenvalue weighted by Crippen LogP contribution is -2.11. The van der Waals surface area contributed by atoms with Gasteiger partial charge in [0.15, 0.2) is 0 Å². The van der Waals surface area contributed by atoms with Crippen LogP contribution in [0.25, 0.3) is 0 Å². The van der Waals surface area contributed by atoms with Crippen LogP contribution in [-0.4, -0.2) is 32.4 Å². The monoisotopic (exact) mass is 292 g/mol. The molecule has 0 spiro atoms. The average Bonchev–Trinajstić information content (AvgIpc) is 2.49. The van der Waals surface area contributed by atoms with E-state index in [1.807, 2.05) is 0 Å². The highest BCUT2D eigenvalue weighted by molar-refractivity contribution is 5.81. The maximum absolute atomic E-state index is 10.8. The van der Waals surface area contributed by atoms with Crippen molar-refractivity contribution in [1.82, 2.24) is 0 Å². The third-order valence-corrected chi connectivity index (χ3v) is 2.90. The molecule has 0 aliphatic heterocycles. The minimum atomic E-state index is -0.431. The highest BCUT2D eigenvalue weighted by Crippen LogP contribution is 2.15. The van der Waals surface area contributed by atoms with Crippen LogP contribution in [0.3, 0.4) is 0 Å². The molecule has 21 heavy (non-hydrogen) atoms. The van der Waals surface area contributed by atoms with Crippen molar-refractivity contribution in [1.29, 1.82) is 0 Å². The molecule has 0 N–H and O–H groups in total. The fourth-order valence-corrected chi connectivity index (χ4v) is 1.71. The second-order valence-corrected chi connectivity index (χ2v) is 4.94. The zero-order valence-electron chi connectivity index (χ0n) is 12.8. The van der Waals surface area contributed by atoms with Crippen LogP contribution in [0, 0.1) is 0 Å². The van der Waals surface area contributed by atoms with Crippen LogP contribution < -0.4 is 0 Å². The molecule has 1 rings (SSSR count). The Balaban J connectivity index is 2.08. The van der Waals surface area contributed by atoms with Crippen LogP contribution in [0.5, 0.6) is 0 Å². The Morgan fingerprint density at radius 1 is 1.19 bits per heavy atom. The van der Waals surface area contributed by atoms with E-state index >= 15 is 0 Å². The fraction of sp³-hybridized carbons (Fsp3) is 0.471. The van der Waals surface area contributed by atoms with Crippen molar-refractivity contribution in [2.24, 2.45) is 0 Å². The molecule has 1 aromatic rings. The molecule has 0 saturated heterocycles. The Morgan fingerprint density at radius 3 is 2.62 bits per heavy atom. The number of benzene rings is 1. The molecule has 0 saturated carbocycles. The van der Waals surface area contributed by atoms with Gasteiger partial charge in [-0.2, -0.15) is 0 Å². The Bertz CT molecular complexity index is 440. The van der Waals surface area contributed by atoms with Gasteiger partial charge >= 0.3 is 5.97 Å².